The van der Waals surface area contributed by atoms with Crippen LogP contribution in [0.3, 0.4) is 0 Å². The van der Waals surface area contributed by atoms with E-state index in [-0.39, 0.29) is 0 Å². The SMILES string of the molecule is Clc1cnn(-c2ccc(Cl)c(CNC3CC3)n2)c1. The molecule has 0 aromatic carbocycles. The highest BCUT2D eigenvalue weighted by molar-refractivity contribution is 6.31. The van der Waals surface area contributed by atoms with Gasteiger partial charge in [-0.3, -0.25) is 0 Å². The first kappa shape index (κ1) is 12.0. The van der Waals surface area contributed by atoms with Crippen LogP contribution in [-0.4, -0.2) is 20.8 Å². The Labute approximate surface area is 115 Å². The summed E-state index contributed by atoms with van der Waals surface area (Å²) in [6, 6.07) is 4.29. The van der Waals surface area contributed by atoms with Crippen molar-refractivity contribution in [1.82, 2.24) is 20.1 Å². The fourth-order valence-electron chi connectivity index (χ4n) is 1.68. The Kier molecular flexibility index (Phi) is 3.24. The number of nitrogens with one attached hydrogen (secondary N) is 1. The number of hydrogen-bond donors (Lipinski definition) is 1. The quantitative estimate of drug-likeness (QED) is 0.938. The number of hydrogen-bond acceptors (Lipinski definition) is 3. The van der Waals surface area contributed by atoms with Gasteiger partial charge < -0.3 is 5.32 Å². The Morgan fingerprint density at radius 1 is 1.33 bits per heavy atom. The number of halogens is 2. The maximum atomic E-state index is 6.13. The minimum atomic E-state index is 0.587. The summed E-state index contributed by atoms with van der Waals surface area (Å²) in [5.41, 5.74) is 0.840. The zero-order chi connectivity index (χ0) is 12.5. The van der Waals surface area contributed by atoms with Crippen molar-refractivity contribution in [2.45, 2.75) is 25.4 Å². The Balaban J connectivity index is 1.84. The van der Waals surface area contributed by atoms with E-state index in [4.69, 9.17) is 23.2 Å². The van der Waals surface area contributed by atoms with Crippen LogP contribution in [0.15, 0.2) is 24.5 Å². The monoisotopic (exact) mass is 282 g/mol. The summed E-state index contributed by atoms with van der Waals surface area (Å²) < 4.78 is 1.64. The van der Waals surface area contributed by atoms with Gasteiger partial charge in [-0.15, -0.1) is 0 Å². The molecule has 6 heteroatoms. The molecule has 2 heterocycles. The molecule has 0 aliphatic heterocycles. The van der Waals surface area contributed by atoms with Gasteiger partial charge in [0.05, 0.1) is 28.1 Å². The van der Waals surface area contributed by atoms with Gasteiger partial charge in [0.15, 0.2) is 5.82 Å². The molecule has 2 aromatic rings. The van der Waals surface area contributed by atoms with E-state index in [2.05, 4.69) is 15.4 Å². The van der Waals surface area contributed by atoms with Gasteiger partial charge in [0.2, 0.25) is 0 Å². The largest absolute Gasteiger partial charge is 0.308 e. The zero-order valence-corrected chi connectivity index (χ0v) is 11.1. The predicted molar refractivity (Wildman–Crippen MR) is 71.2 cm³/mol. The van der Waals surface area contributed by atoms with Gasteiger partial charge in [0, 0.05) is 12.6 Å². The summed E-state index contributed by atoms with van der Waals surface area (Å²) in [5.74, 6) is 0.721. The van der Waals surface area contributed by atoms with Crippen molar-refractivity contribution in [2.24, 2.45) is 0 Å². The lowest BCUT2D eigenvalue weighted by Crippen LogP contribution is -2.17. The molecule has 94 valence electrons. The molecule has 0 saturated heterocycles. The number of pyridine rings is 1. The Hall–Kier alpha value is -1.10. The summed E-state index contributed by atoms with van der Waals surface area (Å²) in [4.78, 5) is 4.50. The van der Waals surface area contributed by atoms with Crippen LogP contribution < -0.4 is 5.32 Å². The van der Waals surface area contributed by atoms with Gasteiger partial charge in [-0.2, -0.15) is 5.10 Å². The second-order valence-corrected chi connectivity index (χ2v) is 5.20. The van der Waals surface area contributed by atoms with E-state index in [0.717, 1.165) is 11.5 Å². The minimum absolute atomic E-state index is 0.587. The van der Waals surface area contributed by atoms with E-state index in [1.54, 1.807) is 17.1 Å². The zero-order valence-electron chi connectivity index (χ0n) is 9.61. The van der Waals surface area contributed by atoms with E-state index in [1.165, 1.54) is 12.8 Å². The Morgan fingerprint density at radius 2 is 2.17 bits per heavy atom. The topological polar surface area (TPSA) is 42.7 Å². The molecule has 1 fully saturated rings. The Bertz CT molecular complexity index is 563. The van der Waals surface area contributed by atoms with E-state index in [0.29, 0.717) is 22.6 Å². The summed E-state index contributed by atoms with van der Waals surface area (Å²) in [6.45, 7) is 0.687. The summed E-state index contributed by atoms with van der Waals surface area (Å²) in [6.07, 6.45) is 5.79. The summed E-state index contributed by atoms with van der Waals surface area (Å²) >= 11 is 12.0. The van der Waals surface area contributed by atoms with Gasteiger partial charge in [0.25, 0.3) is 0 Å². The fraction of sp³-hybridized carbons (Fsp3) is 0.333. The van der Waals surface area contributed by atoms with Crippen LogP contribution >= 0.6 is 23.2 Å². The molecule has 4 nitrogen and oxygen atoms in total. The van der Waals surface area contributed by atoms with E-state index >= 15 is 0 Å². The highest BCUT2D eigenvalue weighted by atomic mass is 35.5. The lowest BCUT2D eigenvalue weighted by molar-refractivity contribution is 0.670. The Morgan fingerprint density at radius 3 is 2.83 bits per heavy atom. The van der Waals surface area contributed by atoms with Crippen molar-refractivity contribution in [1.29, 1.82) is 0 Å². The van der Waals surface area contributed by atoms with Crippen LogP contribution in [0.4, 0.5) is 0 Å². The van der Waals surface area contributed by atoms with Crippen molar-refractivity contribution < 1.29 is 0 Å². The molecule has 18 heavy (non-hydrogen) atoms. The molecule has 0 amide bonds. The molecule has 1 N–H and O–H groups in total. The number of nitrogens with zero attached hydrogens (tertiary/aromatic N) is 3. The first-order chi connectivity index (χ1) is 8.72. The maximum Gasteiger partial charge on any atom is 0.153 e. The van der Waals surface area contributed by atoms with Crippen LogP contribution in [-0.2, 0) is 6.54 Å². The molecule has 3 rings (SSSR count). The third-order valence-corrected chi connectivity index (χ3v) is 3.36. The number of aromatic nitrogens is 3. The third kappa shape index (κ3) is 2.66. The van der Waals surface area contributed by atoms with E-state index in [1.807, 2.05) is 12.1 Å². The third-order valence-electron chi connectivity index (χ3n) is 2.83. The smallest absolute Gasteiger partial charge is 0.153 e. The highest BCUT2D eigenvalue weighted by Gasteiger charge is 2.20. The minimum Gasteiger partial charge on any atom is -0.308 e. The van der Waals surface area contributed by atoms with Gasteiger partial charge in [-0.1, -0.05) is 23.2 Å². The molecular formula is C12H12Cl2N4. The second kappa shape index (κ2) is 4.88. The summed E-state index contributed by atoms with van der Waals surface area (Å²) in [5, 5.41) is 8.78. The van der Waals surface area contributed by atoms with Gasteiger partial charge in [0.1, 0.15) is 0 Å². The fourth-order valence-corrected chi connectivity index (χ4v) is 1.99. The van der Waals surface area contributed by atoms with Gasteiger partial charge >= 0.3 is 0 Å². The maximum absolute atomic E-state index is 6.13. The molecule has 1 saturated carbocycles. The standard InChI is InChI=1S/C12H12Cl2N4/c13-8-5-16-18(7-8)12-4-3-10(14)11(17-12)6-15-9-1-2-9/h3-5,7,9,15H,1-2,6H2. The molecular weight excluding hydrogens is 271 g/mol. The van der Waals surface area contributed by atoms with E-state index in [9.17, 15) is 0 Å². The molecule has 0 spiro atoms. The highest BCUT2D eigenvalue weighted by Crippen LogP contribution is 2.21. The molecule has 0 radical (unpaired) electrons. The molecule has 2 aromatic heterocycles. The molecule has 0 bridgehead atoms. The molecule has 0 unspecified atom stereocenters. The van der Waals surface area contributed by atoms with Crippen LogP contribution in [0, 0.1) is 0 Å². The van der Waals surface area contributed by atoms with Crippen molar-refractivity contribution in [3.05, 3.63) is 40.3 Å². The second-order valence-electron chi connectivity index (χ2n) is 4.36. The van der Waals surface area contributed by atoms with Crippen LogP contribution in [0.1, 0.15) is 18.5 Å². The lowest BCUT2D eigenvalue weighted by Gasteiger charge is -2.07. The van der Waals surface area contributed by atoms with Gasteiger partial charge in [-0.05, 0) is 25.0 Å². The van der Waals surface area contributed by atoms with Crippen molar-refractivity contribution >= 4 is 23.2 Å². The first-order valence-corrected chi connectivity index (χ1v) is 6.57. The van der Waals surface area contributed by atoms with Crippen LogP contribution in [0.5, 0.6) is 0 Å². The average molecular weight is 283 g/mol. The van der Waals surface area contributed by atoms with Gasteiger partial charge in [-0.25, -0.2) is 9.67 Å². The molecule has 1 aliphatic carbocycles. The van der Waals surface area contributed by atoms with Crippen LogP contribution in [0.2, 0.25) is 10.0 Å². The number of rotatable bonds is 4. The lowest BCUT2D eigenvalue weighted by atomic mass is 10.3. The molecule has 0 atom stereocenters. The van der Waals surface area contributed by atoms with Crippen LogP contribution in [0.25, 0.3) is 5.82 Å². The van der Waals surface area contributed by atoms with E-state index < -0.39 is 0 Å². The average Bonchev–Trinajstić information content (AvgIpc) is 3.09. The normalized spacial score (nSPS) is 15.0. The van der Waals surface area contributed by atoms with Crippen molar-refractivity contribution in [3.63, 3.8) is 0 Å². The first-order valence-electron chi connectivity index (χ1n) is 5.82. The molecule has 1 aliphatic rings. The predicted octanol–water partition coefficient (Wildman–Crippen LogP) is 2.83. The van der Waals surface area contributed by atoms with Crippen molar-refractivity contribution in [2.75, 3.05) is 0 Å². The summed E-state index contributed by atoms with van der Waals surface area (Å²) in [7, 11) is 0. The van der Waals surface area contributed by atoms with Crippen molar-refractivity contribution in [3.8, 4) is 5.82 Å².